The average Bonchev–Trinajstić information content (AvgIpc) is 2.57. The second-order valence-corrected chi connectivity index (χ2v) is 9.07. The van der Waals surface area contributed by atoms with Crippen molar-refractivity contribution < 1.29 is 4.74 Å². The zero-order chi connectivity index (χ0) is 15.4. The Balaban J connectivity index is 1.58. The lowest BCUT2D eigenvalue weighted by Gasteiger charge is -2.42. The molecule has 2 aliphatic rings. The fourth-order valence-corrected chi connectivity index (χ4v) is 5.42. The van der Waals surface area contributed by atoms with Gasteiger partial charge in [-0.15, -0.1) is 0 Å². The van der Waals surface area contributed by atoms with Crippen LogP contribution in [-0.2, 0) is 11.2 Å². The smallest absolute Gasteiger partial charge is 0.0742 e. The minimum Gasteiger partial charge on any atom is -0.373 e. The molecule has 0 N–H and O–H groups in total. The maximum atomic E-state index is 6.55. The van der Waals surface area contributed by atoms with E-state index in [1.54, 1.807) is 0 Å². The molecule has 1 heterocycles. The van der Waals surface area contributed by atoms with Crippen molar-refractivity contribution in [3.8, 4) is 0 Å². The Kier molecular flexibility index (Phi) is 6.41. The van der Waals surface area contributed by atoms with Gasteiger partial charge < -0.3 is 4.74 Å². The van der Waals surface area contributed by atoms with Gasteiger partial charge in [-0.25, -0.2) is 0 Å². The van der Waals surface area contributed by atoms with E-state index >= 15 is 0 Å². The monoisotopic (exact) mass is 428 g/mol. The fraction of sp³-hybridized carbons (Fsp3) is 0.684. The zero-order valence-electron chi connectivity index (χ0n) is 13.1. The van der Waals surface area contributed by atoms with Crippen LogP contribution < -0.4 is 0 Å². The van der Waals surface area contributed by atoms with Crippen molar-refractivity contribution in [2.45, 2.75) is 73.2 Å². The first-order chi connectivity index (χ1) is 10.7. The van der Waals surface area contributed by atoms with E-state index in [2.05, 4.69) is 62.2 Å². The summed E-state index contributed by atoms with van der Waals surface area (Å²) < 4.78 is 6.55. The molecular formula is C19H26Br2O. The van der Waals surface area contributed by atoms with Crippen molar-refractivity contribution in [1.82, 2.24) is 0 Å². The highest BCUT2D eigenvalue weighted by molar-refractivity contribution is 9.12. The van der Waals surface area contributed by atoms with Crippen LogP contribution in [0.5, 0.6) is 0 Å². The maximum Gasteiger partial charge on any atom is 0.0742 e. The van der Waals surface area contributed by atoms with Gasteiger partial charge in [0.1, 0.15) is 0 Å². The molecule has 0 aromatic heterocycles. The van der Waals surface area contributed by atoms with Gasteiger partial charge in [0.2, 0.25) is 0 Å². The van der Waals surface area contributed by atoms with E-state index in [1.807, 2.05) is 0 Å². The van der Waals surface area contributed by atoms with E-state index in [-0.39, 0.29) is 0 Å². The topological polar surface area (TPSA) is 9.23 Å². The molecule has 1 nitrogen and oxygen atoms in total. The molecule has 0 radical (unpaired) electrons. The summed E-state index contributed by atoms with van der Waals surface area (Å²) >= 11 is 7.81. The molecule has 0 amide bonds. The molecule has 22 heavy (non-hydrogen) atoms. The molecule has 0 unspecified atom stereocenters. The molecule has 2 fully saturated rings. The van der Waals surface area contributed by atoms with Crippen LogP contribution in [0.1, 0.15) is 50.5 Å². The molecule has 1 aliphatic carbocycles. The van der Waals surface area contributed by atoms with Gasteiger partial charge in [0.15, 0.2) is 0 Å². The average molecular weight is 430 g/mol. The van der Waals surface area contributed by atoms with Crippen molar-refractivity contribution in [3.05, 3.63) is 35.9 Å². The second-order valence-electron chi connectivity index (χ2n) is 6.84. The normalized spacial score (nSPS) is 33.7. The van der Waals surface area contributed by atoms with Crippen molar-refractivity contribution in [3.63, 3.8) is 0 Å². The maximum absolute atomic E-state index is 6.55. The first-order valence-corrected chi connectivity index (χ1v) is 10.5. The number of halogens is 2. The van der Waals surface area contributed by atoms with Crippen LogP contribution >= 0.6 is 31.9 Å². The standard InChI is InChI=1S/C19H26Br2O/c20-17-13-16(12-11-14-7-3-1-4-8-14)22-19(18(17)21)15-9-5-2-6-10-15/h1,3-4,7-8,15-19H,2,5-6,9-13H2/t16-,17+,18+,19+/m0/s1. The van der Waals surface area contributed by atoms with Crippen LogP contribution in [0.25, 0.3) is 0 Å². The summed E-state index contributed by atoms with van der Waals surface area (Å²) in [4.78, 5) is 0.998. The third-order valence-electron chi connectivity index (χ3n) is 5.21. The third kappa shape index (κ3) is 4.36. The summed E-state index contributed by atoms with van der Waals surface area (Å²) in [7, 11) is 0. The van der Waals surface area contributed by atoms with Crippen LogP contribution in [0.2, 0.25) is 0 Å². The van der Waals surface area contributed by atoms with Crippen molar-refractivity contribution in [2.75, 3.05) is 0 Å². The van der Waals surface area contributed by atoms with Crippen molar-refractivity contribution >= 4 is 31.9 Å². The highest BCUT2D eigenvalue weighted by atomic mass is 79.9. The van der Waals surface area contributed by atoms with E-state index in [0.717, 1.165) is 25.2 Å². The highest BCUT2D eigenvalue weighted by Gasteiger charge is 2.40. The van der Waals surface area contributed by atoms with Crippen LogP contribution in [0.4, 0.5) is 0 Å². The zero-order valence-corrected chi connectivity index (χ0v) is 16.3. The Morgan fingerprint density at radius 1 is 1.00 bits per heavy atom. The molecule has 1 saturated carbocycles. The summed E-state index contributed by atoms with van der Waals surface area (Å²) in [5, 5.41) is 0. The molecule has 0 bridgehead atoms. The van der Waals surface area contributed by atoms with E-state index in [4.69, 9.17) is 4.74 Å². The van der Waals surface area contributed by atoms with Crippen LogP contribution in [0, 0.1) is 5.92 Å². The van der Waals surface area contributed by atoms with Gasteiger partial charge in [-0.3, -0.25) is 0 Å². The number of ether oxygens (including phenoxy) is 1. The van der Waals surface area contributed by atoms with Gasteiger partial charge in [-0.05, 0) is 43.6 Å². The summed E-state index contributed by atoms with van der Waals surface area (Å²) in [6.07, 6.45) is 11.0. The van der Waals surface area contributed by atoms with Crippen molar-refractivity contribution in [1.29, 1.82) is 0 Å². The molecule has 1 aromatic carbocycles. The molecule has 1 saturated heterocycles. The Hall–Kier alpha value is 0.140. The van der Waals surface area contributed by atoms with Crippen LogP contribution in [-0.4, -0.2) is 21.9 Å². The first-order valence-electron chi connectivity index (χ1n) is 8.71. The Labute approximate surface area is 151 Å². The molecule has 122 valence electrons. The minimum atomic E-state index is 0.388. The fourth-order valence-electron chi connectivity index (χ4n) is 3.93. The number of aryl methyl sites for hydroxylation is 1. The number of rotatable bonds is 4. The van der Waals surface area contributed by atoms with E-state index < -0.39 is 0 Å². The van der Waals surface area contributed by atoms with Gasteiger partial charge >= 0.3 is 0 Å². The van der Waals surface area contributed by atoms with Gasteiger partial charge in [-0.1, -0.05) is 81.5 Å². The predicted molar refractivity (Wildman–Crippen MR) is 100 cm³/mol. The van der Waals surface area contributed by atoms with E-state index in [1.165, 1.54) is 37.7 Å². The SMILES string of the molecule is Br[C@@H]1[C@H](Br)C[C@H](CCc2ccccc2)O[C@@H]1C1CCCCC1. The summed E-state index contributed by atoms with van der Waals surface area (Å²) in [5.41, 5.74) is 1.42. The number of hydrogen-bond donors (Lipinski definition) is 0. The second kappa shape index (κ2) is 8.30. The molecule has 3 rings (SSSR count). The first kappa shape index (κ1) is 17.0. The largest absolute Gasteiger partial charge is 0.373 e. The third-order valence-corrected chi connectivity index (χ3v) is 8.02. The molecule has 3 heteroatoms. The molecular weight excluding hydrogens is 404 g/mol. The molecule has 0 spiro atoms. The number of hydrogen-bond acceptors (Lipinski definition) is 1. The van der Waals surface area contributed by atoms with E-state index in [0.29, 0.717) is 21.9 Å². The van der Waals surface area contributed by atoms with Gasteiger partial charge in [0.25, 0.3) is 0 Å². The Bertz CT molecular complexity index is 444. The summed E-state index contributed by atoms with van der Waals surface area (Å²) in [5.74, 6) is 0.748. The Morgan fingerprint density at radius 3 is 2.45 bits per heavy atom. The predicted octanol–water partition coefficient (Wildman–Crippen LogP) is 5.88. The molecule has 1 aliphatic heterocycles. The summed E-state index contributed by atoms with van der Waals surface area (Å²) in [6.45, 7) is 0. The van der Waals surface area contributed by atoms with Gasteiger partial charge in [0, 0.05) is 4.83 Å². The Morgan fingerprint density at radius 2 is 1.73 bits per heavy atom. The quantitative estimate of drug-likeness (QED) is 0.542. The van der Waals surface area contributed by atoms with Crippen LogP contribution in [0.15, 0.2) is 30.3 Å². The number of benzene rings is 1. The lowest BCUT2D eigenvalue weighted by Crippen LogP contribution is -2.47. The minimum absolute atomic E-state index is 0.388. The highest BCUT2D eigenvalue weighted by Crippen LogP contribution is 2.40. The van der Waals surface area contributed by atoms with Gasteiger partial charge in [0.05, 0.1) is 17.0 Å². The van der Waals surface area contributed by atoms with Gasteiger partial charge in [-0.2, -0.15) is 0 Å². The van der Waals surface area contributed by atoms with Crippen LogP contribution in [0.3, 0.4) is 0 Å². The molecule has 1 aromatic rings. The number of alkyl halides is 2. The lowest BCUT2D eigenvalue weighted by molar-refractivity contribution is -0.0779. The molecule has 4 atom stereocenters. The van der Waals surface area contributed by atoms with E-state index in [9.17, 15) is 0 Å². The van der Waals surface area contributed by atoms with Crippen molar-refractivity contribution in [2.24, 2.45) is 5.92 Å². The lowest BCUT2D eigenvalue weighted by atomic mass is 9.82. The summed E-state index contributed by atoms with van der Waals surface area (Å²) in [6, 6.07) is 10.8.